The van der Waals surface area contributed by atoms with Crippen LogP contribution in [-0.2, 0) is 9.53 Å². The summed E-state index contributed by atoms with van der Waals surface area (Å²) in [5.41, 5.74) is 0.962. The number of ether oxygens (including phenoxy) is 3. The molecule has 1 fully saturated rings. The topological polar surface area (TPSA) is 48.0 Å². The summed E-state index contributed by atoms with van der Waals surface area (Å²) < 4.78 is 16.0. The highest BCUT2D eigenvalue weighted by atomic mass is 16.5. The predicted octanol–water partition coefficient (Wildman–Crippen LogP) is 2.30. The van der Waals surface area contributed by atoms with E-state index in [1.807, 2.05) is 23.1 Å². The van der Waals surface area contributed by atoms with E-state index in [0.717, 1.165) is 5.56 Å². The third-order valence-electron chi connectivity index (χ3n) is 4.02. The average Bonchev–Trinajstić information content (AvgIpc) is 2.55. The lowest BCUT2D eigenvalue weighted by Gasteiger charge is -2.32. The molecule has 1 aliphatic rings. The van der Waals surface area contributed by atoms with Crippen LogP contribution >= 0.6 is 0 Å². The maximum Gasteiger partial charge on any atom is 0.230 e. The van der Waals surface area contributed by atoms with Gasteiger partial charge in [0.15, 0.2) is 11.5 Å². The molecule has 1 aliphatic heterocycles. The summed E-state index contributed by atoms with van der Waals surface area (Å²) in [5, 5.41) is 0. The van der Waals surface area contributed by atoms with E-state index in [2.05, 4.69) is 13.8 Å². The quantitative estimate of drug-likeness (QED) is 0.837. The summed E-state index contributed by atoms with van der Waals surface area (Å²) in [5.74, 6) is 1.50. The number of morpholine rings is 1. The first-order chi connectivity index (χ1) is 10.6. The maximum absolute atomic E-state index is 12.9. The van der Waals surface area contributed by atoms with Crippen LogP contribution in [0.1, 0.15) is 25.3 Å². The second kappa shape index (κ2) is 7.49. The number of methoxy groups -OCH3 is 2. The molecule has 2 rings (SSSR count). The minimum absolute atomic E-state index is 0.158. The third kappa shape index (κ3) is 3.53. The van der Waals surface area contributed by atoms with E-state index in [1.54, 1.807) is 14.2 Å². The highest BCUT2D eigenvalue weighted by Crippen LogP contribution is 2.34. The van der Waals surface area contributed by atoms with Crippen molar-refractivity contribution in [2.24, 2.45) is 5.92 Å². The number of hydrogen-bond acceptors (Lipinski definition) is 4. The van der Waals surface area contributed by atoms with Crippen molar-refractivity contribution in [1.29, 1.82) is 0 Å². The summed E-state index contributed by atoms with van der Waals surface area (Å²) in [4.78, 5) is 14.8. The summed E-state index contributed by atoms with van der Waals surface area (Å²) in [6, 6.07) is 5.71. The Morgan fingerprint density at radius 3 is 2.32 bits per heavy atom. The fourth-order valence-corrected chi connectivity index (χ4v) is 2.84. The molecule has 1 unspecified atom stereocenters. The number of carbonyl (C=O) groups is 1. The van der Waals surface area contributed by atoms with Crippen LogP contribution in [0.25, 0.3) is 0 Å². The molecule has 0 aromatic heterocycles. The number of benzene rings is 1. The van der Waals surface area contributed by atoms with Gasteiger partial charge >= 0.3 is 0 Å². The van der Waals surface area contributed by atoms with E-state index in [9.17, 15) is 4.79 Å². The molecule has 1 atom stereocenters. The molecule has 1 amide bonds. The molecule has 0 spiro atoms. The highest BCUT2D eigenvalue weighted by Gasteiger charge is 2.30. The first-order valence-corrected chi connectivity index (χ1v) is 7.67. The molecule has 5 nitrogen and oxygen atoms in total. The lowest BCUT2D eigenvalue weighted by Crippen LogP contribution is -2.44. The van der Waals surface area contributed by atoms with Crippen LogP contribution in [0.4, 0.5) is 0 Å². The first kappa shape index (κ1) is 16.6. The van der Waals surface area contributed by atoms with Crippen LogP contribution in [0.3, 0.4) is 0 Å². The molecule has 1 aromatic carbocycles. The summed E-state index contributed by atoms with van der Waals surface area (Å²) in [6.07, 6.45) is 0. The predicted molar refractivity (Wildman–Crippen MR) is 84.5 cm³/mol. The largest absolute Gasteiger partial charge is 0.493 e. The minimum Gasteiger partial charge on any atom is -0.493 e. The number of carbonyl (C=O) groups excluding carboxylic acids is 1. The Morgan fingerprint density at radius 1 is 1.14 bits per heavy atom. The van der Waals surface area contributed by atoms with E-state index < -0.39 is 0 Å². The number of rotatable bonds is 5. The van der Waals surface area contributed by atoms with Gasteiger partial charge in [0.2, 0.25) is 5.91 Å². The molecule has 0 N–H and O–H groups in total. The number of hydrogen-bond donors (Lipinski definition) is 0. The van der Waals surface area contributed by atoms with Crippen LogP contribution in [0.5, 0.6) is 11.5 Å². The van der Waals surface area contributed by atoms with Gasteiger partial charge in [0.05, 0.1) is 33.4 Å². The summed E-state index contributed by atoms with van der Waals surface area (Å²) in [7, 11) is 3.21. The van der Waals surface area contributed by atoms with Gasteiger partial charge in [0, 0.05) is 13.1 Å². The Labute approximate surface area is 132 Å². The summed E-state index contributed by atoms with van der Waals surface area (Å²) >= 11 is 0. The maximum atomic E-state index is 12.9. The normalized spacial score (nSPS) is 16.5. The molecule has 0 saturated carbocycles. The number of amides is 1. The fourth-order valence-electron chi connectivity index (χ4n) is 2.84. The average molecular weight is 307 g/mol. The second-order valence-corrected chi connectivity index (χ2v) is 5.77. The molecule has 22 heavy (non-hydrogen) atoms. The Bertz CT molecular complexity index is 509. The number of nitrogens with zero attached hydrogens (tertiary/aromatic N) is 1. The smallest absolute Gasteiger partial charge is 0.230 e. The zero-order chi connectivity index (χ0) is 16.1. The van der Waals surface area contributed by atoms with Gasteiger partial charge in [-0.1, -0.05) is 19.9 Å². The van der Waals surface area contributed by atoms with E-state index >= 15 is 0 Å². The lowest BCUT2D eigenvalue weighted by atomic mass is 9.87. The van der Waals surface area contributed by atoms with Crippen LogP contribution in [-0.4, -0.2) is 51.3 Å². The third-order valence-corrected chi connectivity index (χ3v) is 4.02. The van der Waals surface area contributed by atoms with Crippen LogP contribution < -0.4 is 9.47 Å². The van der Waals surface area contributed by atoms with E-state index in [1.165, 1.54) is 0 Å². The van der Waals surface area contributed by atoms with Gasteiger partial charge in [0.25, 0.3) is 0 Å². The van der Waals surface area contributed by atoms with Gasteiger partial charge < -0.3 is 19.1 Å². The monoisotopic (exact) mass is 307 g/mol. The van der Waals surface area contributed by atoms with Gasteiger partial charge in [-0.2, -0.15) is 0 Å². The van der Waals surface area contributed by atoms with Gasteiger partial charge in [0.1, 0.15) is 0 Å². The molecular weight excluding hydrogens is 282 g/mol. The Balaban J connectivity index is 2.29. The molecular formula is C17H25NO4. The highest BCUT2D eigenvalue weighted by molar-refractivity contribution is 5.84. The van der Waals surface area contributed by atoms with Crippen molar-refractivity contribution in [1.82, 2.24) is 4.90 Å². The standard InChI is InChI=1S/C17H25NO4/c1-12(2)16(17(19)18-7-9-22-10-8-18)13-5-6-14(20-3)15(11-13)21-4/h5-6,11-12,16H,7-10H2,1-4H3. The molecule has 1 heterocycles. The van der Waals surface area contributed by atoms with Gasteiger partial charge in [-0.3, -0.25) is 4.79 Å². The van der Waals surface area contributed by atoms with Crippen molar-refractivity contribution >= 4 is 5.91 Å². The van der Waals surface area contributed by atoms with Gasteiger partial charge in [-0.25, -0.2) is 0 Å². The zero-order valence-corrected chi connectivity index (χ0v) is 13.8. The Morgan fingerprint density at radius 2 is 1.77 bits per heavy atom. The fraction of sp³-hybridized carbons (Fsp3) is 0.588. The molecule has 1 aromatic rings. The van der Waals surface area contributed by atoms with Crippen molar-refractivity contribution in [3.8, 4) is 11.5 Å². The van der Waals surface area contributed by atoms with Gasteiger partial charge in [-0.05, 0) is 23.6 Å². The van der Waals surface area contributed by atoms with Crippen molar-refractivity contribution in [3.05, 3.63) is 23.8 Å². The summed E-state index contributed by atoms with van der Waals surface area (Å²) in [6.45, 7) is 6.69. The van der Waals surface area contributed by atoms with Crippen LogP contribution in [0.15, 0.2) is 18.2 Å². The van der Waals surface area contributed by atoms with Crippen LogP contribution in [0.2, 0.25) is 0 Å². The van der Waals surface area contributed by atoms with Crippen molar-refractivity contribution < 1.29 is 19.0 Å². The van der Waals surface area contributed by atoms with E-state index in [-0.39, 0.29) is 17.7 Å². The van der Waals surface area contributed by atoms with Gasteiger partial charge in [-0.15, -0.1) is 0 Å². The molecule has 5 heteroatoms. The minimum atomic E-state index is -0.182. The molecule has 0 aliphatic carbocycles. The van der Waals surface area contributed by atoms with Crippen molar-refractivity contribution in [2.45, 2.75) is 19.8 Å². The molecule has 122 valence electrons. The van der Waals surface area contributed by atoms with E-state index in [4.69, 9.17) is 14.2 Å². The van der Waals surface area contributed by atoms with E-state index in [0.29, 0.717) is 37.8 Å². The first-order valence-electron chi connectivity index (χ1n) is 7.67. The second-order valence-electron chi connectivity index (χ2n) is 5.77. The zero-order valence-electron chi connectivity index (χ0n) is 13.8. The molecule has 0 bridgehead atoms. The Kier molecular flexibility index (Phi) is 5.66. The Hall–Kier alpha value is -1.75. The lowest BCUT2D eigenvalue weighted by molar-refractivity contribution is -0.137. The van der Waals surface area contributed by atoms with Crippen molar-refractivity contribution in [3.63, 3.8) is 0 Å². The SMILES string of the molecule is COc1ccc(C(C(=O)N2CCOCC2)C(C)C)cc1OC. The molecule has 1 saturated heterocycles. The van der Waals surface area contributed by atoms with Crippen molar-refractivity contribution in [2.75, 3.05) is 40.5 Å². The molecule has 0 radical (unpaired) electrons. The van der Waals surface area contributed by atoms with Crippen LogP contribution in [0, 0.1) is 5.92 Å².